The summed E-state index contributed by atoms with van der Waals surface area (Å²) in [6.45, 7) is 0. The van der Waals surface area contributed by atoms with E-state index >= 15 is 0 Å². The largest absolute Gasteiger partial charge is 0.466 e. The summed E-state index contributed by atoms with van der Waals surface area (Å²) < 4.78 is 4.50. The molecule has 0 spiro atoms. The van der Waals surface area contributed by atoms with E-state index in [1.54, 1.807) is 12.4 Å². The van der Waals surface area contributed by atoms with Crippen LogP contribution in [-0.2, 0) is 9.53 Å². The second-order valence-corrected chi connectivity index (χ2v) is 3.04. The van der Waals surface area contributed by atoms with E-state index in [1.165, 1.54) is 13.2 Å². The molecule has 4 heteroatoms. The second kappa shape index (κ2) is 3.96. The summed E-state index contributed by atoms with van der Waals surface area (Å²) in [7, 11) is 1.35. The minimum Gasteiger partial charge on any atom is -0.466 e. The smallest absolute Gasteiger partial charge is 0.330 e. The lowest BCUT2D eigenvalue weighted by Crippen LogP contribution is -1.93. The Labute approximate surface area is 86.6 Å². The van der Waals surface area contributed by atoms with Gasteiger partial charge in [0.1, 0.15) is 0 Å². The molecule has 0 fully saturated rings. The van der Waals surface area contributed by atoms with Crippen molar-refractivity contribution in [3.8, 4) is 0 Å². The lowest BCUT2D eigenvalue weighted by molar-refractivity contribution is -0.134. The molecule has 0 bridgehead atoms. The second-order valence-electron chi connectivity index (χ2n) is 3.04. The number of H-pyrrole nitrogens is 1. The maximum Gasteiger partial charge on any atom is 0.330 e. The SMILES string of the molecule is COC(=O)C=Cc1ccc2[nH]cnc2c1. The molecule has 0 aliphatic heterocycles. The molecule has 1 N–H and O–H groups in total. The summed E-state index contributed by atoms with van der Waals surface area (Å²) in [5.74, 6) is -0.364. The number of hydrogen-bond acceptors (Lipinski definition) is 3. The van der Waals surface area contributed by atoms with Gasteiger partial charge in [-0.25, -0.2) is 9.78 Å². The number of methoxy groups -OCH3 is 1. The van der Waals surface area contributed by atoms with Crippen molar-refractivity contribution in [2.75, 3.05) is 7.11 Å². The molecule has 2 rings (SSSR count). The van der Waals surface area contributed by atoms with Crippen LogP contribution in [0.2, 0.25) is 0 Å². The number of carbonyl (C=O) groups is 1. The summed E-state index contributed by atoms with van der Waals surface area (Å²) in [6.07, 6.45) is 4.71. The molecule has 0 aliphatic rings. The molecule has 0 amide bonds. The number of fused-ring (bicyclic) bond motifs is 1. The van der Waals surface area contributed by atoms with Crippen LogP contribution in [0.5, 0.6) is 0 Å². The molecule has 15 heavy (non-hydrogen) atoms. The molecular formula is C11H10N2O2. The number of hydrogen-bond donors (Lipinski definition) is 1. The molecule has 1 aromatic carbocycles. The Morgan fingerprint density at radius 1 is 1.53 bits per heavy atom. The van der Waals surface area contributed by atoms with Gasteiger partial charge in [0.25, 0.3) is 0 Å². The standard InChI is InChI=1S/C11H10N2O2/c1-15-11(14)5-3-8-2-4-9-10(6-8)13-7-12-9/h2-7H,1H3,(H,12,13). The van der Waals surface area contributed by atoms with Crippen LogP contribution in [0.1, 0.15) is 5.56 Å². The van der Waals surface area contributed by atoms with Crippen LogP contribution in [0, 0.1) is 0 Å². The van der Waals surface area contributed by atoms with E-state index < -0.39 is 0 Å². The number of rotatable bonds is 2. The van der Waals surface area contributed by atoms with Crippen LogP contribution in [0.15, 0.2) is 30.6 Å². The maximum atomic E-state index is 10.9. The van der Waals surface area contributed by atoms with Gasteiger partial charge in [-0.05, 0) is 23.8 Å². The molecule has 1 aromatic heterocycles. The van der Waals surface area contributed by atoms with Gasteiger partial charge in [0.05, 0.1) is 24.5 Å². The first-order chi connectivity index (χ1) is 7.29. The summed E-state index contributed by atoms with van der Waals surface area (Å²) >= 11 is 0. The third-order valence-corrected chi connectivity index (χ3v) is 2.06. The number of benzene rings is 1. The van der Waals surface area contributed by atoms with Crippen LogP contribution in [-0.4, -0.2) is 23.0 Å². The lowest BCUT2D eigenvalue weighted by atomic mass is 10.2. The Kier molecular flexibility index (Phi) is 2.49. The Bertz CT molecular complexity index is 514. The number of nitrogens with zero attached hydrogens (tertiary/aromatic N) is 1. The van der Waals surface area contributed by atoms with E-state index in [0.29, 0.717) is 0 Å². The van der Waals surface area contributed by atoms with Crippen molar-refractivity contribution >= 4 is 23.1 Å². The van der Waals surface area contributed by atoms with E-state index in [-0.39, 0.29) is 5.97 Å². The van der Waals surface area contributed by atoms with Crippen LogP contribution in [0.25, 0.3) is 17.1 Å². The van der Waals surface area contributed by atoms with Crippen molar-refractivity contribution in [2.45, 2.75) is 0 Å². The van der Waals surface area contributed by atoms with Crippen molar-refractivity contribution < 1.29 is 9.53 Å². The van der Waals surface area contributed by atoms with E-state index in [9.17, 15) is 4.79 Å². The number of ether oxygens (including phenoxy) is 1. The first kappa shape index (κ1) is 9.45. The number of aromatic nitrogens is 2. The van der Waals surface area contributed by atoms with Crippen LogP contribution in [0.3, 0.4) is 0 Å². The van der Waals surface area contributed by atoms with Crippen molar-refractivity contribution in [3.63, 3.8) is 0 Å². The topological polar surface area (TPSA) is 55.0 Å². The first-order valence-corrected chi connectivity index (χ1v) is 4.49. The van der Waals surface area contributed by atoms with Crippen molar-refractivity contribution in [2.24, 2.45) is 0 Å². The highest BCUT2D eigenvalue weighted by Gasteiger charge is 1.96. The molecular weight excluding hydrogens is 192 g/mol. The highest BCUT2D eigenvalue weighted by Crippen LogP contribution is 2.12. The number of aromatic amines is 1. The summed E-state index contributed by atoms with van der Waals surface area (Å²) in [5.41, 5.74) is 2.77. The summed E-state index contributed by atoms with van der Waals surface area (Å²) in [4.78, 5) is 18.0. The Morgan fingerprint density at radius 2 is 2.40 bits per heavy atom. The van der Waals surface area contributed by atoms with Crippen molar-refractivity contribution in [3.05, 3.63) is 36.2 Å². The zero-order valence-electron chi connectivity index (χ0n) is 8.23. The fraction of sp³-hybridized carbons (Fsp3) is 0.0909. The quantitative estimate of drug-likeness (QED) is 0.596. The highest BCUT2D eigenvalue weighted by atomic mass is 16.5. The minimum atomic E-state index is -0.364. The van der Waals surface area contributed by atoms with Gasteiger partial charge < -0.3 is 9.72 Å². The molecule has 2 aromatic rings. The molecule has 0 saturated heterocycles. The molecule has 0 radical (unpaired) electrons. The fourth-order valence-corrected chi connectivity index (χ4v) is 1.28. The third kappa shape index (κ3) is 2.04. The maximum absolute atomic E-state index is 10.9. The Balaban J connectivity index is 2.28. The van der Waals surface area contributed by atoms with Gasteiger partial charge in [-0.2, -0.15) is 0 Å². The average molecular weight is 202 g/mol. The van der Waals surface area contributed by atoms with Gasteiger partial charge in [-0.15, -0.1) is 0 Å². The van der Waals surface area contributed by atoms with E-state index in [2.05, 4.69) is 14.7 Å². The van der Waals surface area contributed by atoms with Gasteiger partial charge in [0.2, 0.25) is 0 Å². The molecule has 76 valence electrons. The molecule has 1 heterocycles. The van der Waals surface area contributed by atoms with E-state index in [0.717, 1.165) is 16.6 Å². The van der Waals surface area contributed by atoms with Gasteiger partial charge in [0, 0.05) is 6.08 Å². The summed E-state index contributed by atoms with van der Waals surface area (Å²) in [5, 5.41) is 0. The zero-order valence-corrected chi connectivity index (χ0v) is 8.23. The third-order valence-electron chi connectivity index (χ3n) is 2.06. The van der Waals surface area contributed by atoms with Crippen molar-refractivity contribution in [1.82, 2.24) is 9.97 Å². The van der Waals surface area contributed by atoms with Gasteiger partial charge in [-0.3, -0.25) is 0 Å². The van der Waals surface area contributed by atoms with Gasteiger partial charge in [-0.1, -0.05) is 6.07 Å². The Hall–Kier alpha value is -2.10. The lowest BCUT2D eigenvalue weighted by Gasteiger charge is -1.93. The predicted molar refractivity (Wildman–Crippen MR) is 57.1 cm³/mol. The molecule has 0 saturated carbocycles. The molecule has 0 aliphatic carbocycles. The normalized spacial score (nSPS) is 11.0. The van der Waals surface area contributed by atoms with Gasteiger partial charge >= 0.3 is 5.97 Å². The number of esters is 1. The minimum absolute atomic E-state index is 0.364. The van der Waals surface area contributed by atoms with Crippen LogP contribution >= 0.6 is 0 Å². The summed E-state index contributed by atoms with van der Waals surface area (Å²) in [6, 6.07) is 5.71. The first-order valence-electron chi connectivity index (χ1n) is 4.49. The highest BCUT2D eigenvalue weighted by molar-refractivity contribution is 5.88. The fourth-order valence-electron chi connectivity index (χ4n) is 1.28. The average Bonchev–Trinajstić information content (AvgIpc) is 2.72. The van der Waals surface area contributed by atoms with Crippen molar-refractivity contribution in [1.29, 1.82) is 0 Å². The Morgan fingerprint density at radius 3 is 3.20 bits per heavy atom. The van der Waals surface area contributed by atoms with Gasteiger partial charge in [0.15, 0.2) is 0 Å². The van der Waals surface area contributed by atoms with Crippen LogP contribution < -0.4 is 0 Å². The predicted octanol–water partition coefficient (Wildman–Crippen LogP) is 1.75. The number of imidazole rings is 1. The monoisotopic (exact) mass is 202 g/mol. The van der Waals surface area contributed by atoms with E-state index in [1.807, 2.05) is 18.2 Å². The number of nitrogens with one attached hydrogen (secondary N) is 1. The van der Waals surface area contributed by atoms with E-state index in [4.69, 9.17) is 0 Å². The molecule has 0 unspecified atom stereocenters. The number of carbonyl (C=O) groups excluding carboxylic acids is 1. The zero-order chi connectivity index (χ0) is 10.7. The molecule has 4 nitrogen and oxygen atoms in total. The van der Waals surface area contributed by atoms with Crippen LogP contribution in [0.4, 0.5) is 0 Å². The molecule has 0 atom stereocenters.